The van der Waals surface area contributed by atoms with Crippen molar-refractivity contribution in [2.45, 2.75) is 5.60 Å². The molecule has 5 N–H and O–H groups in total. The molecule has 0 amide bonds. The molecule has 0 spiro atoms. The summed E-state index contributed by atoms with van der Waals surface area (Å²) in [4.78, 5) is 0. The van der Waals surface area contributed by atoms with Crippen molar-refractivity contribution in [3.63, 3.8) is 0 Å². The van der Waals surface area contributed by atoms with Crippen molar-refractivity contribution in [3.8, 4) is 0 Å². The van der Waals surface area contributed by atoms with E-state index in [9.17, 15) is 5.11 Å². The summed E-state index contributed by atoms with van der Waals surface area (Å²) in [5, 5.41) is 44.4. The van der Waals surface area contributed by atoms with Crippen LogP contribution >= 0.6 is 11.6 Å². The second-order valence-electron chi connectivity index (χ2n) is 17.1. The van der Waals surface area contributed by atoms with Crippen LogP contribution in [0.1, 0.15) is 16.7 Å². The molecule has 20 nitrogen and oxygen atoms in total. The SMILES string of the molecule is COCCOCCOCCCl.COCCOCCOCCOCC(CO)(COCCOCCOCCOC)COCCOCCOCCOC(c1ccccc1)(c1ccccc1)c1ccccc1.OCC(CO)(CO)CO. The van der Waals surface area contributed by atoms with Gasteiger partial charge in [-0.25, -0.2) is 0 Å². The smallest absolute Gasteiger partial charge is 0.143 e. The zero-order valence-electron chi connectivity index (χ0n) is 46.0. The van der Waals surface area contributed by atoms with Gasteiger partial charge in [-0.15, -0.1) is 11.6 Å². The van der Waals surface area contributed by atoms with E-state index in [2.05, 4.69) is 36.4 Å². The third-order valence-electron chi connectivity index (χ3n) is 11.1. The normalized spacial score (nSPS) is 11.8. The fraction of sp³-hybridized carbons (Fsp3) is 0.679. The van der Waals surface area contributed by atoms with Crippen molar-refractivity contribution >= 4 is 11.6 Å². The minimum absolute atomic E-state index is 0.188. The van der Waals surface area contributed by atoms with Crippen molar-refractivity contribution < 1.29 is 96.6 Å². The van der Waals surface area contributed by atoms with E-state index < -0.39 is 42.9 Å². The van der Waals surface area contributed by atoms with Gasteiger partial charge in [0.15, 0.2) is 0 Å². The fourth-order valence-corrected chi connectivity index (χ4v) is 6.68. The molecule has 0 fully saturated rings. The van der Waals surface area contributed by atoms with E-state index in [1.54, 1.807) is 21.3 Å². The van der Waals surface area contributed by atoms with Crippen LogP contribution in [0, 0.1) is 10.8 Å². The number of aliphatic hydroxyl groups excluding tert-OH is 5. The lowest BCUT2D eigenvalue weighted by Crippen LogP contribution is -2.41. The lowest BCUT2D eigenvalue weighted by molar-refractivity contribution is -0.109. The van der Waals surface area contributed by atoms with Crippen LogP contribution in [-0.2, 0) is 76.7 Å². The van der Waals surface area contributed by atoms with Crippen LogP contribution in [0.25, 0.3) is 0 Å². The molecule has 3 aromatic rings. The fourth-order valence-electron chi connectivity index (χ4n) is 6.57. The summed E-state index contributed by atoms with van der Waals surface area (Å²) in [6, 6.07) is 30.8. The maximum atomic E-state index is 10.4. The van der Waals surface area contributed by atoms with Crippen molar-refractivity contribution in [1.82, 2.24) is 0 Å². The Hall–Kier alpha value is -2.85. The Morgan fingerprint density at radius 3 is 0.766 bits per heavy atom. The van der Waals surface area contributed by atoms with Gasteiger partial charge in [-0.1, -0.05) is 91.0 Å². The van der Waals surface area contributed by atoms with Crippen LogP contribution in [0.2, 0.25) is 0 Å². The van der Waals surface area contributed by atoms with Gasteiger partial charge in [-0.05, 0) is 16.7 Å². The number of halogens is 1. The molecule has 444 valence electrons. The molecule has 3 rings (SSSR count). The molecule has 77 heavy (non-hydrogen) atoms. The lowest BCUT2D eigenvalue weighted by Gasteiger charge is -2.36. The maximum Gasteiger partial charge on any atom is 0.143 e. The Bertz CT molecular complexity index is 1510. The molecule has 0 atom stereocenters. The first-order chi connectivity index (χ1) is 37.9. The maximum absolute atomic E-state index is 10.4. The number of alkyl halides is 1. The summed E-state index contributed by atoms with van der Waals surface area (Å²) in [6.45, 7) is 9.71. The molecule has 0 radical (unpaired) electrons. The Morgan fingerprint density at radius 1 is 0.299 bits per heavy atom. The van der Waals surface area contributed by atoms with E-state index in [-0.39, 0.29) is 26.4 Å². The van der Waals surface area contributed by atoms with Crippen LogP contribution in [0.4, 0.5) is 0 Å². The molecule has 0 heterocycles. The molecule has 0 aromatic heterocycles. The van der Waals surface area contributed by atoms with Crippen LogP contribution in [0.3, 0.4) is 0 Å². The van der Waals surface area contributed by atoms with Crippen LogP contribution < -0.4 is 0 Å². The van der Waals surface area contributed by atoms with Gasteiger partial charge in [0, 0.05) is 27.2 Å². The van der Waals surface area contributed by atoms with Crippen molar-refractivity contribution in [3.05, 3.63) is 108 Å². The lowest BCUT2D eigenvalue weighted by atomic mass is 9.80. The number of aliphatic hydroxyl groups is 5. The number of ether oxygens (including phenoxy) is 15. The second-order valence-corrected chi connectivity index (χ2v) is 17.5. The van der Waals surface area contributed by atoms with Gasteiger partial charge in [0.2, 0.25) is 0 Å². The molecular weight excluding hydrogens is 1030 g/mol. The summed E-state index contributed by atoms with van der Waals surface area (Å²) < 4.78 is 83.1. The minimum Gasteiger partial charge on any atom is -0.396 e. The van der Waals surface area contributed by atoms with Crippen molar-refractivity contribution in [2.75, 3.05) is 232 Å². The predicted octanol–water partition coefficient (Wildman–Crippen LogP) is 3.26. The zero-order valence-corrected chi connectivity index (χ0v) is 46.8. The highest BCUT2D eigenvalue weighted by atomic mass is 35.5. The zero-order chi connectivity index (χ0) is 56.1. The second kappa shape index (κ2) is 51.3. The van der Waals surface area contributed by atoms with Crippen molar-refractivity contribution in [2.24, 2.45) is 10.8 Å². The molecule has 0 saturated heterocycles. The number of methoxy groups -OCH3 is 3. The van der Waals surface area contributed by atoms with E-state index in [1.165, 1.54) is 0 Å². The predicted molar refractivity (Wildman–Crippen MR) is 291 cm³/mol. The highest BCUT2D eigenvalue weighted by molar-refractivity contribution is 6.17. The Balaban J connectivity index is 0.00000124. The van der Waals surface area contributed by atoms with E-state index in [0.717, 1.165) is 16.7 Å². The molecule has 0 saturated carbocycles. The third kappa shape index (κ3) is 34.1. The summed E-state index contributed by atoms with van der Waals surface area (Å²) in [7, 11) is 4.91. The Morgan fingerprint density at radius 2 is 0.532 bits per heavy atom. The van der Waals surface area contributed by atoms with E-state index >= 15 is 0 Å². The molecule has 21 heteroatoms. The average molecular weight is 1120 g/mol. The van der Waals surface area contributed by atoms with E-state index in [1.807, 2.05) is 54.6 Å². The van der Waals surface area contributed by atoms with Gasteiger partial charge in [-0.3, -0.25) is 0 Å². The van der Waals surface area contributed by atoms with Crippen LogP contribution in [-0.4, -0.2) is 258 Å². The molecule has 0 unspecified atom stereocenters. The summed E-state index contributed by atoms with van der Waals surface area (Å²) >= 11 is 5.38. The number of hydrogen-bond acceptors (Lipinski definition) is 20. The van der Waals surface area contributed by atoms with Gasteiger partial charge >= 0.3 is 0 Å². The van der Waals surface area contributed by atoms with Gasteiger partial charge in [-0.2, -0.15) is 0 Å². The summed E-state index contributed by atoms with van der Waals surface area (Å²) in [5.41, 5.74) is 0.459. The molecule has 3 aromatic carbocycles. The van der Waals surface area contributed by atoms with Crippen LogP contribution in [0.5, 0.6) is 0 Å². The summed E-state index contributed by atoms with van der Waals surface area (Å²) in [5.74, 6) is 0.540. The highest BCUT2D eigenvalue weighted by Crippen LogP contribution is 2.40. The molecular formula is C56H93ClO20. The first-order valence-corrected chi connectivity index (χ1v) is 26.6. The topological polar surface area (TPSA) is 240 Å². The van der Waals surface area contributed by atoms with Crippen molar-refractivity contribution in [1.29, 1.82) is 0 Å². The average Bonchev–Trinajstić information content (AvgIpc) is 3.51. The summed E-state index contributed by atoms with van der Waals surface area (Å²) in [6.07, 6.45) is 0. The van der Waals surface area contributed by atoms with E-state index in [4.69, 9.17) is 103 Å². The molecule has 0 aliphatic rings. The quantitative estimate of drug-likeness (QED) is 0.0310. The van der Waals surface area contributed by atoms with Gasteiger partial charge < -0.3 is 96.6 Å². The van der Waals surface area contributed by atoms with Gasteiger partial charge in [0.25, 0.3) is 0 Å². The monoisotopic (exact) mass is 1120 g/mol. The minimum atomic E-state index is -1.11. The highest BCUT2D eigenvalue weighted by Gasteiger charge is 2.37. The number of hydrogen-bond donors (Lipinski definition) is 5. The van der Waals surface area contributed by atoms with E-state index in [0.29, 0.717) is 158 Å². The number of benzene rings is 3. The third-order valence-corrected chi connectivity index (χ3v) is 11.3. The Labute approximate surface area is 462 Å². The van der Waals surface area contributed by atoms with Crippen LogP contribution in [0.15, 0.2) is 91.0 Å². The molecule has 0 aliphatic carbocycles. The first kappa shape index (κ1) is 72.2. The number of rotatable bonds is 50. The largest absolute Gasteiger partial charge is 0.396 e. The first-order valence-electron chi connectivity index (χ1n) is 26.1. The van der Waals surface area contributed by atoms with Gasteiger partial charge in [0.1, 0.15) is 5.60 Å². The Kier molecular flexibility index (Phi) is 48.1. The molecule has 0 aliphatic heterocycles. The standard InChI is InChI=1S/C44H66O13.C7H15ClO3.C5H12O4/c1-46-18-20-48-22-24-50-28-31-54-37-43(36-45,38-55-32-29-51-25-23-49-21-19-47-2)39-56-33-30-52-26-27-53-34-35-57-44(40-12-6-3-7-13-40,41-14-8-4-9-15-41)42-16-10-5-11-17-42;1-9-4-5-11-7-6-10-3-2-8;6-1-5(2-7,3-8)4-9/h3-17,45H,18-39H2,1-2H3;2-7H2,1H3;6-9H,1-4H2. The molecule has 0 bridgehead atoms. The van der Waals surface area contributed by atoms with Gasteiger partial charge in [0.05, 0.1) is 216 Å².